The summed E-state index contributed by atoms with van der Waals surface area (Å²) in [5, 5.41) is 11.1. The zero-order valence-corrected chi connectivity index (χ0v) is 17.4. The number of aliphatic hydroxyl groups is 1. The lowest BCUT2D eigenvalue weighted by molar-refractivity contribution is 0.0914. The molecule has 0 aliphatic heterocycles. The van der Waals surface area contributed by atoms with E-state index in [1.807, 2.05) is 24.3 Å². The maximum atomic E-state index is 13.0. The Morgan fingerprint density at radius 2 is 2.33 bits per heavy atom. The lowest BCUT2D eigenvalue weighted by Crippen LogP contribution is -2.30. The number of aromatic nitrogens is 2. The highest BCUT2D eigenvalue weighted by Gasteiger charge is 2.23. The zero-order chi connectivity index (χ0) is 19.0. The number of aliphatic hydroxyl groups excluding tert-OH is 1. The van der Waals surface area contributed by atoms with Crippen molar-refractivity contribution in [2.24, 2.45) is 5.92 Å². The van der Waals surface area contributed by atoms with Crippen molar-refractivity contribution in [3.63, 3.8) is 0 Å². The third kappa shape index (κ3) is 3.95. The van der Waals surface area contributed by atoms with Crippen molar-refractivity contribution in [3.8, 4) is 5.75 Å². The summed E-state index contributed by atoms with van der Waals surface area (Å²) in [4.78, 5) is 19.6. The maximum Gasteiger partial charge on any atom is 0.262 e. The van der Waals surface area contributed by atoms with Crippen LogP contribution >= 0.6 is 27.3 Å². The van der Waals surface area contributed by atoms with Gasteiger partial charge in [-0.3, -0.25) is 9.36 Å². The van der Waals surface area contributed by atoms with Crippen molar-refractivity contribution in [2.75, 3.05) is 6.61 Å². The standard InChI is InChI=1S/C20H21BrN2O3S/c1-12-5-6-16-17(7-12)27-19-18(16)20(25)23(11-22-19)9-14(24)10-26-15-4-2-3-13(21)8-15/h2-4,8,11-12,14,24H,5-7,9-10H2,1H3. The van der Waals surface area contributed by atoms with Crippen LogP contribution in [0, 0.1) is 5.92 Å². The van der Waals surface area contributed by atoms with Gasteiger partial charge in [0.05, 0.1) is 18.3 Å². The lowest BCUT2D eigenvalue weighted by Gasteiger charge is -2.17. The van der Waals surface area contributed by atoms with Crippen LogP contribution in [0.3, 0.4) is 0 Å². The highest BCUT2D eigenvalue weighted by Crippen LogP contribution is 2.35. The van der Waals surface area contributed by atoms with E-state index in [-0.39, 0.29) is 18.7 Å². The topological polar surface area (TPSA) is 64.3 Å². The number of aryl methyl sites for hydroxylation is 1. The molecule has 0 amide bonds. The molecule has 27 heavy (non-hydrogen) atoms. The average Bonchev–Trinajstić information content (AvgIpc) is 3.00. The van der Waals surface area contributed by atoms with Crippen molar-refractivity contribution in [2.45, 2.75) is 38.8 Å². The molecule has 0 fully saturated rings. The molecule has 2 aromatic heterocycles. The van der Waals surface area contributed by atoms with Crippen LogP contribution in [0.15, 0.2) is 39.9 Å². The Labute approximate surface area is 169 Å². The maximum absolute atomic E-state index is 13.0. The molecule has 2 heterocycles. The normalized spacial score (nSPS) is 17.7. The van der Waals surface area contributed by atoms with E-state index in [1.165, 1.54) is 15.0 Å². The Morgan fingerprint density at radius 1 is 1.48 bits per heavy atom. The molecule has 1 aliphatic carbocycles. The van der Waals surface area contributed by atoms with Crippen molar-refractivity contribution in [1.82, 2.24) is 9.55 Å². The van der Waals surface area contributed by atoms with Crippen LogP contribution in [0.5, 0.6) is 5.75 Å². The molecule has 0 radical (unpaired) electrons. The molecule has 0 spiro atoms. The van der Waals surface area contributed by atoms with Gasteiger partial charge in [0.25, 0.3) is 5.56 Å². The van der Waals surface area contributed by atoms with Gasteiger partial charge in [-0.05, 0) is 48.9 Å². The largest absolute Gasteiger partial charge is 0.491 e. The minimum atomic E-state index is -0.796. The van der Waals surface area contributed by atoms with E-state index in [9.17, 15) is 9.90 Å². The first kappa shape index (κ1) is 18.7. The van der Waals surface area contributed by atoms with Gasteiger partial charge in [0, 0.05) is 9.35 Å². The summed E-state index contributed by atoms with van der Waals surface area (Å²) >= 11 is 5.03. The van der Waals surface area contributed by atoms with Gasteiger partial charge < -0.3 is 9.84 Å². The van der Waals surface area contributed by atoms with Gasteiger partial charge in [-0.25, -0.2) is 4.98 Å². The van der Waals surface area contributed by atoms with E-state index < -0.39 is 6.10 Å². The second-order valence-electron chi connectivity index (χ2n) is 7.16. The van der Waals surface area contributed by atoms with E-state index in [0.29, 0.717) is 11.7 Å². The highest BCUT2D eigenvalue weighted by molar-refractivity contribution is 9.10. The molecule has 3 aromatic rings. The Kier molecular flexibility index (Phi) is 5.34. The molecule has 1 N–H and O–H groups in total. The summed E-state index contributed by atoms with van der Waals surface area (Å²) in [5.74, 6) is 1.33. The van der Waals surface area contributed by atoms with Crippen LogP contribution in [0.4, 0.5) is 0 Å². The van der Waals surface area contributed by atoms with Crippen LogP contribution < -0.4 is 10.3 Å². The molecule has 2 atom stereocenters. The first-order valence-corrected chi connectivity index (χ1v) is 10.7. The summed E-state index contributed by atoms with van der Waals surface area (Å²) < 4.78 is 8.04. The predicted octanol–water partition coefficient (Wildman–Crippen LogP) is 3.79. The quantitative estimate of drug-likeness (QED) is 0.644. The molecule has 5 nitrogen and oxygen atoms in total. The number of rotatable bonds is 5. The third-order valence-electron chi connectivity index (χ3n) is 4.93. The number of fused-ring (bicyclic) bond motifs is 3. The van der Waals surface area contributed by atoms with Gasteiger partial charge in [0.15, 0.2) is 0 Å². The number of halogens is 1. The van der Waals surface area contributed by atoms with E-state index in [1.54, 1.807) is 17.7 Å². The smallest absolute Gasteiger partial charge is 0.262 e. The minimum Gasteiger partial charge on any atom is -0.491 e. The zero-order valence-electron chi connectivity index (χ0n) is 15.0. The highest BCUT2D eigenvalue weighted by atomic mass is 79.9. The predicted molar refractivity (Wildman–Crippen MR) is 111 cm³/mol. The number of hydrogen-bond donors (Lipinski definition) is 1. The van der Waals surface area contributed by atoms with Crippen LogP contribution in [0.1, 0.15) is 23.8 Å². The number of nitrogens with zero attached hydrogens (tertiary/aromatic N) is 2. The summed E-state index contributed by atoms with van der Waals surface area (Å²) in [6.07, 6.45) is 3.81. The molecule has 0 saturated carbocycles. The van der Waals surface area contributed by atoms with Crippen LogP contribution in [-0.4, -0.2) is 27.4 Å². The van der Waals surface area contributed by atoms with E-state index >= 15 is 0 Å². The molecular weight excluding hydrogens is 428 g/mol. The van der Waals surface area contributed by atoms with Gasteiger partial charge in [-0.2, -0.15) is 0 Å². The molecule has 142 valence electrons. The average molecular weight is 449 g/mol. The van der Waals surface area contributed by atoms with Crippen molar-refractivity contribution >= 4 is 37.5 Å². The molecule has 1 aliphatic rings. The van der Waals surface area contributed by atoms with Crippen molar-refractivity contribution < 1.29 is 9.84 Å². The molecule has 4 rings (SSSR count). The van der Waals surface area contributed by atoms with Crippen LogP contribution in [-0.2, 0) is 19.4 Å². The number of thiophene rings is 1. The summed E-state index contributed by atoms with van der Waals surface area (Å²) in [6.45, 7) is 2.53. The second-order valence-corrected chi connectivity index (χ2v) is 9.16. The van der Waals surface area contributed by atoms with Gasteiger partial charge in [0.1, 0.15) is 23.3 Å². The minimum absolute atomic E-state index is 0.0615. The molecule has 7 heteroatoms. The Balaban J connectivity index is 1.52. The summed E-state index contributed by atoms with van der Waals surface area (Å²) in [6, 6.07) is 7.45. The van der Waals surface area contributed by atoms with Gasteiger partial charge in [-0.15, -0.1) is 11.3 Å². The van der Waals surface area contributed by atoms with Gasteiger partial charge in [0.2, 0.25) is 0 Å². The van der Waals surface area contributed by atoms with Crippen LogP contribution in [0.25, 0.3) is 10.2 Å². The van der Waals surface area contributed by atoms with Gasteiger partial charge >= 0.3 is 0 Å². The fraction of sp³-hybridized carbons (Fsp3) is 0.400. The second kappa shape index (κ2) is 7.73. The Morgan fingerprint density at radius 3 is 3.15 bits per heavy atom. The molecule has 0 bridgehead atoms. The van der Waals surface area contributed by atoms with Crippen LogP contribution in [0.2, 0.25) is 0 Å². The molecule has 2 unspecified atom stereocenters. The monoisotopic (exact) mass is 448 g/mol. The SMILES string of the molecule is CC1CCc2c(sc3ncn(CC(O)COc4cccc(Br)c4)c(=O)c23)C1. The Bertz CT molecular complexity index is 1030. The van der Waals surface area contributed by atoms with Crippen molar-refractivity contribution in [1.29, 1.82) is 0 Å². The number of hydrogen-bond acceptors (Lipinski definition) is 5. The number of benzene rings is 1. The lowest BCUT2D eigenvalue weighted by atomic mass is 9.89. The molecular formula is C20H21BrN2O3S. The molecule has 1 aromatic carbocycles. The van der Waals surface area contributed by atoms with E-state index in [2.05, 4.69) is 27.8 Å². The fourth-order valence-electron chi connectivity index (χ4n) is 3.53. The first-order valence-electron chi connectivity index (χ1n) is 9.07. The van der Waals surface area contributed by atoms with E-state index in [4.69, 9.17) is 4.74 Å². The summed E-state index contributed by atoms with van der Waals surface area (Å²) in [5.41, 5.74) is 1.10. The van der Waals surface area contributed by atoms with Gasteiger partial charge in [-0.1, -0.05) is 28.9 Å². The number of ether oxygens (including phenoxy) is 1. The van der Waals surface area contributed by atoms with Crippen molar-refractivity contribution in [3.05, 3.63) is 55.9 Å². The summed E-state index contributed by atoms with van der Waals surface area (Å²) in [7, 11) is 0. The Hall–Kier alpha value is -1.70. The fourth-order valence-corrected chi connectivity index (χ4v) is 5.24. The van der Waals surface area contributed by atoms with E-state index in [0.717, 1.165) is 34.0 Å². The first-order chi connectivity index (χ1) is 13.0. The molecule has 0 saturated heterocycles. The third-order valence-corrected chi connectivity index (χ3v) is 6.58.